The van der Waals surface area contributed by atoms with Crippen LogP contribution in [-0.2, 0) is 13.8 Å². The topological polar surface area (TPSA) is 189 Å². The SMILES string of the molecule is CCOP(=O)([O-])c1nc2c(N)ncnc2n1[C@@H]1O[C@H](CO)[C@@H](O)[C@H]1O. The standard InChI is InChI=1S/C12H18N5O7P/c1-2-23-25(21,22)12-16-6-9(13)14-4-15-10(6)17(12)11-8(20)7(19)5(3-18)24-11/h4-5,7-8,11,18-20H,2-3H2,1H3,(H,21,22)(H2,13,14,15)/p-1/t5-,7-,8-,11-/m1/s1. The number of nitrogens with zero attached hydrogens (tertiary/aromatic N) is 4. The van der Waals surface area contributed by atoms with Crippen molar-refractivity contribution >= 4 is 30.1 Å². The number of fused-ring (bicyclic) bond motifs is 1. The molecule has 5 atom stereocenters. The van der Waals surface area contributed by atoms with Gasteiger partial charge in [0, 0.05) is 0 Å². The predicted molar refractivity (Wildman–Crippen MR) is 81.6 cm³/mol. The summed E-state index contributed by atoms with van der Waals surface area (Å²) >= 11 is 0. The van der Waals surface area contributed by atoms with Crippen LogP contribution < -0.4 is 16.2 Å². The van der Waals surface area contributed by atoms with E-state index in [1.807, 2.05) is 0 Å². The third kappa shape index (κ3) is 2.91. The summed E-state index contributed by atoms with van der Waals surface area (Å²) < 4.78 is 23.6. The van der Waals surface area contributed by atoms with Crippen LogP contribution in [-0.4, -0.2) is 66.4 Å². The van der Waals surface area contributed by atoms with Gasteiger partial charge in [-0.2, -0.15) is 0 Å². The number of hydrogen-bond donors (Lipinski definition) is 4. The fourth-order valence-electron chi connectivity index (χ4n) is 2.66. The smallest absolute Gasteiger partial charge is 0.200 e. The fraction of sp³-hybridized carbons (Fsp3) is 0.583. The van der Waals surface area contributed by atoms with Gasteiger partial charge in [0.25, 0.3) is 0 Å². The summed E-state index contributed by atoms with van der Waals surface area (Å²) in [5.41, 5.74) is 5.10. The van der Waals surface area contributed by atoms with Gasteiger partial charge in [0.2, 0.25) is 7.60 Å². The number of ether oxygens (including phenoxy) is 1. The minimum Gasteiger partial charge on any atom is -0.773 e. The molecule has 0 amide bonds. The Kier molecular flexibility index (Phi) is 4.77. The molecule has 0 radical (unpaired) electrons. The Morgan fingerprint density at radius 3 is 2.76 bits per heavy atom. The van der Waals surface area contributed by atoms with Crippen molar-refractivity contribution in [3.05, 3.63) is 6.33 Å². The van der Waals surface area contributed by atoms with E-state index >= 15 is 0 Å². The molecule has 138 valence electrons. The maximum Gasteiger partial charge on any atom is 0.200 e. The molecule has 1 aliphatic heterocycles. The zero-order valence-electron chi connectivity index (χ0n) is 13.1. The summed E-state index contributed by atoms with van der Waals surface area (Å²) in [6.45, 7) is 0.771. The molecule has 5 N–H and O–H groups in total. The molecule has 12 nitrogen and oxygen atoms in total. The minimum atomic E-state index is -4.66. The summed E-state index contributed by atoms with van der Waals surface area (Å²) in [6.07, 6.45) is -4.35. The number of hydrogen-bond acceptors (Lipinski definition) is 11. The Morgan fingerprint density at radius 1 is 1.44 bits per heavy atom. The molecule has 0 aliphatic carbocycles. The second kappa shape index (κ2) is 6.57. The highest BCUT2D eigenvalue weighted by Gasteiger charge is 2.45. The summed E-state index contributed by atoms with van der Waals surface area (Å²) in [7, 11) is -4.66. The Bertz CT molecular complexity index is 830. The van der Waals surface area contributed by atoms with Gasteiger partial charge in [-0.3, -0.25) is 4.57 Å². The molecule has 2 aromatic rings. The molecule has 1 fully saturated rings. The minimum absolute atomic E-state index is 0.0203. The number of aromatic nitrogens is 4. The Hall–Kier alpha value is -1.66. The molecule has 3 heterocycles. The van der Waals surface area contributed by atoms with Crippen molar-refractivity contribution in [1.82, 2.24) is 19.5 Å². The van der Waals surface area contributed by atoms with Crippen LogP contribution in [0.4, 0.5) is 5.82 Å². The number of imidazole rings is 1. The number of nitrogen functional groups attached to an aromatic ring is 1. The molecule has 0 bridgehead atoms. The lowest BCUT2D eigenvalue weighted by atomic mass is 10.1. The van der Waals surface area contributed by atoms with Gasteiger partial charge in [0.1, 0.15) is 24.6 Å². The van der Waals surface area contributed by atoms with Gasteiger partial charge >= 0.3 is 0 Å². The van der Waals surface area contributed by atoms with E-state index in [2.05, 4.69) is 15.0 Å². The number of anilines is 1. The van der Waals surface area contributed by atoms with E-state index in [4.69, 9.17) is 15.0 Å². The Labute approximate surface area is 141 Å². The predicted octanol–water partition coefficient (Wildman–Crippen LogP) is -2.76. The molecule has 0 spiro atoms. The average molecular weight is 374 g/mol. The molecular weight excluding hydrogens is 357 g/mol. The van der Waals surface area contributed by atoms with Gasteiger partial charge < -0.3 is 39.8 Å². The lowest BCUT2D eigenvalue weighted by molar-refractivity contribution is -0.194. The van der Waals surface area contributed by atoms with Crippen molar-refractivity contribution in [1.29, 1.82) is 0 Å². The third-order valence-corrected chi connectivity index (χ3v) is 5.21. The van der Waals surface area contributed by atoms with Crippen LogP contribution in [0.3, 0.4) is 0 Å². The molecular formula is C12H17N5O7P-. The van der Waals surface area contributed by atoms with Crippen molar-refractivity contribution < 1.29 is 34.0 Å². The van der Waals surface area contributed by atoms with Gasteiger partial charge in [-0.15, -0.1) is 0 Å². The zero-order valence-corrected chi connectivity index (χ0v) is 14.0. The molecule has 2 aromatic heterocycles. The van der Waals surface area contributed by atoms with Gasteiger partial charge in [-0.25, -0.2) is 15.0 Å². The van der Waals surface area contributed by atoms with E-state index in [1.165, 1.54) is 6.92 Å². The van der Waals surface area contributed by atoms with Crippen LogP contribution in [0.2, 0.25) is 0 Å². The highest BCUT2D eigenvalue weighted by molar-refractivity contribution is 7.59. The fourth-order valence-corrected chi connectivity index (χ4v) is 3.81. The first-order valence-corrected chi connectivity index (χ1v) is 8.93. The van der Waals surface area contributed by atoms with Gasteiger partial charge in [-0.05, 0) is 6.92 Å². The van der Waals surface area contributed by atoms with Crippen molar-refractivity contribution in [2.75, 3.05) is 18.9 Å². The molecule has 0 saturated carbocycles. The van der Waals surface area contributed by atoms with Crippen molar-refractivity contribution in [3.8, 4) is 0 Å². The van der Waals surface area contributed by atoms with E-state index in [9.17, 15) is 24.8 Å². The maximum absolute atomic E-state index is 12.4. The lowest BCUT2D eigenvalue weighted by Crippen LogP contribution is -2.36. The first kappa shape index (κ1) is 18.1. The van der Waals surface area contributed by atoms with Crippen LogP contribution in [0.25, 0.3) is 11.2 Å². The Morgan fingerprint density at radius 2 is 2.16 bits per heavy atom. The summed E-state index contributed by atoms with van der Waals surface area (Å²) in [6, 6.07) is 0. The lowest BCUT2D eigenvalue weighted by Gasteiger charge is -2.26. The molecule has 13 heteroatoms. The summed E-state index contributed by atoms with van der Waals surface area (Å²) in [5.74, 6) is -0.0757. The Balaban J connectivity index is 2.22. The van der Waals surface area contributed by atoms with Crippen LogP contribution in [0.15, 0.2) is 6.33 Å². The van der Waals surface area contributed by atoms with E-state index < -0.39 is 44.3 Å². The molecule has 0 aromatic carbocycles. The van der Waals surface area contributed by atoms with Crippen molar-refractivity contribution in [2.45, 2.75) is 31.5 Å². The van der Waals surface area contributed by atoms with Crippen LogP contribution in [0.5, 0.6) is 0 Å². The normalized spacial score (nSPS) is 29.2. The number of rotatable bonds is 5. The maximum atomic E-state index is 12.4. The average Bonchev–Trinajstić information content (AvgIpc) is 3.08. The first-order chi connectivity index (χ1) is 11.8. The highest BCUT2D eigenvalue weighted by atomic mass is 31.2. The molecule has 1 saturated heterocycles. The quantitative estimate of drug-likeness (QED) is 0.397. The van der Waals surface area contributed by atoms with Gasteiger partial charge in [0.05, 0.1) is 13.2 Å². The first-order valence-electron chi connectivity index (χ1n) is 7.38. The third-order valence-electron chi connectivity index (χ3n) is 3.80. The highest BCUT2D eigenvalue weighted by Crippen LogP contribution is 2.40. The molecule has 25 heavy (non-hydrogen) atoms. The summed E-state index contributed by atoms with van der Waals surface area (Å²) in [4.78, 5) is 24.0. The largest absolute Gasteiger partial charge is 0.773 e. The molecule has 3 rings (SSSR count). The van der Waals surface area contributed by atoms with Crippen molar-refractivity contribution in [2.24, 2.45) is 0 Å². The number of aliphatic hydroxyl groups is 3. The van der Waals surface area contributed by atoms with Gasteiger partial charge in [-0.1, -0.05) is 0 Å². The van der Waals surface area contributed by atoms with Crippen LogP contribution in [0.1, 0.15) is 13.2 Å². The summed E-state index contributed by atoms with van der Waals surface area (Å²) in [5, 5.41) is 29.4. The van der Waals surface area contributed by atoms with Gasteiger partial charge in [0.15, 0.2) is 28.8 Å². The van der Waals surface area contributed by atoms with Crippen molar-refractivity contribution in [3.63, 3.8) is 0 Å². The molecule has 1 unspecified atom stereocenters. The van der Waals surface area contributed by atoms with E-state index in [0.717, 1.165) is 10.9 Å². The number of nitrogens with two attached hydrogens (primary N) is 1. The number of aliphatic hydroxyl groups excluding tert-OH is 3. The second-order valence-corrected chi connectivity index (χ2v) is 7.01. The van der Waals surface area contributed by atoms with Crippen LogP contribution >= 0.6 is 7.60 Å². The van der Waals surface area contributed by atoms with E-state index in [-0.39, 0.29) is 23.6 Å². The second-order valence-electron chi connectivity index (χ2n) is 5.36. The van der Waals surface area contributed by atoms with E-state index in [1.54, 1.807) is 0 Å². The van der Waals surface area contributed by atoms with E-state index in [0.29, 0.717) is 0 Å². The monoisotopic (exact) mass is 374 g/mol. The zero-order chi connectivity index (χ0) is 18.4. The van der Waals surface area contributed by atoms with Crippen LogP contribution in [0, 0.1) is 0 Å². The molecule has 1 aliphatic rings.